The summed E-state index contributed by atoms with van der Waals surface area (Å²) in [7, 11) is 0. The molecular weight excluding hydrogens is 330 g/mol. The van der Waals surface area contributed by atoms with Crippen LogP contribution in [0.1, 0.15) is 19.4 Å². The predicted octanol–water partition coefficient (Wildman–Crippen LogP) is 3.22. The van der Waals surface area contributed by atoms with Crippen molar-refractivity contribution in [2.24, 2.45) is 0 Å². The summed E-state index contributed by atoms with van der Waals surface area (Å²) in [6.07, 6.45) is 0. The molecule has 0 unspecified atom stereocenters. The van der Waals surface area contributed by atoms with Crippen molar-refractivity contribution in [3.05, 3.63) is 70.3 Å². The normalized spacial score (nSPS) is 15.0. The van der Waals surface area contributed by atoms with E-state index in [0.29, 0.717) is 31.9 Å². The lowest BCUT2D eigenvalue weighted by Gasteiger charge is -2.39. The van der Waals surface area contributed by atoms with Crippen LogP contribution >= 0.6 is 0 Å². The SMILES string of the molecule is CC(C)(C(=O)N1CCN(c2ccccc2[N+](=O)[O-])CC1)c1ccccc1. The monoisotopic (exact) mass is 353 g/mol. The molecule has 6 nitrogen and oxygen atoms in total. The molecule has 1 aliphatic heterocycles. The Hall–Kier alpha value is -2.89. The van der Waals surface area contributed by atoms with Crippen LogP contribution in [0.15, 0.2) is 54.6 Å². The molecule has 2 aromatic rings. The zero-order chi connectivity index (χ0) is 18.7. The number of nitro groups is 1. The number of para-hydroxylation sites is 2. The van der Waals surface area contributed by atoms with Gasteiger partial charge in [-0.15, -0.1) is 0 Å². The summed E-state index contributed by atoms with van der Waals surface area (Å²) in [5, 5.41) is 11.2. The van der Waals surface area contributed by atoms with Gasteiger partial charge in [0.25, 0.3) is 5.69 Å². The van der Waals surface area contributed by atoms with Gasteiger partial charge in [0.05, 0.1) is 10.3 Å². The molecule has 2 aromatic carbocycles. The van der Waals surface area contributed by atoms with Gasteiger partial charge >= 0.3 is 0 Å². The van der Waals surface area contributed by atoms with E-state index >= 15 is 0 Å². The van der Waals surface area contributed by atoms with Gasteiger partial charge in [-0.05, 0) is 25.5 Å². The van der Waals surface area contributed by atoms with E-state index in [1.807, 2.05) is 54.0 Å². The maximum atomic E-state index is 13.0. The van der Waals surface area contributed by atoms with Crippen molar-refractivity contribution in [3.63, 3.8) is 0 Å². The first-order valence-corrected chi connectivity index (χ1v) is 8.74. The summed E-state index contributed by atoms with van der Waals surface area (Å²) in [6, 6.07) is 16.5. The molecule has 0 saturated carbocycles. The average Bonchev–Trinajstić information content (AvgIpc) is 2.68. The molecule has 0 spiro atoms. The largest absolute Gasteiger partial charge is 0.362 e. The van der Waals surface area contributed by atoms with Crippen LogP contribution in [0.4, 0.5) is 11.4 Å². The number of nitrogens with zero attached hydrogens (tertiary/aromatic N) is 3. The highest BCUT2D eigenvalue weighted by molar-refractivity contribution is 5.87. The van der Waals surface area contributed by atoms with E-state index < -0.39 is 5.41 Å². The van der Waals surface area contributed by atoms with Crippen LogP contribution in [0.3, 0.4) is 0 Å². The van der Waals surface area contributed by atoms with Crippen LogP contribution < -0.4 is 4.90 Å². The molecule has 1 saturated heterocycles. The second-order valence-corrected chi connectivity index (χ2v) is 7.02. The zero-order valence-corrected chi connectivity index (χ0v) is 15.1. The van der Waals surface area contributed by atoms with E-state index in [2.05, 4.69) is 0 Å². The van der Waals surface area contributed by atoms with Gasteiger partial charge in [-0.3, -0.25) is 14.9 Å². The molecule has 3 rings (SSSR count). The number of benzene rings is 2. The van der Waals surface area contributed by atoms with Gasteiger partial charge in [0.1, 0.15) is 5.69 Å². The fraction of sp³-hybridized carbons (Fsp3) is 0.350. The fourth-order valence-corrected chi connectivity index (χ4v) is 3.41. The lowest BCUT2D eigenvalue weighted by atomic mass is 9.83. The Morgan fingerprint density at radius 1 is 0.962 bits per heavy atom. The standard InChI is InChI=1S/C20H23N3O3/c1-20(2,16-8-4-3-5-9-16)19(24)22-14-12-21(13-15-22)17-10-6-7-11-18(17)23(25)26/h3-11H,12-15H2,1-2H3. The highest BCUT2D eigenvalue weighted by Crippen LogP contribution is 2.30. The molecule has 136 valence electrons. The maximum Gasteiger partial charge on any atom is 0.292 e. The number of carbonyl (C=O) groups excluding carboxylic acids is 1. The minimum Gasteiger partial charge on any atom is -0.362 e. The highest BCUT2D eigenvalue weighted by Gasteiger charge is 2.35. The molecule has 1 heterocycles. The first kappa shape index (κ1) is 17.9. The van der Waals surface area contributed by atoms with E-state index in [-0.39, 0.29) is 16.5 Å². The van der Waals surface area contributed by atoms with Gasteiger partial charge in [0.2, 0.25) is 5.91 Å². The fourth-order valence-electron chi connectivity index (χ4n) is 3.41. The quantitative estimate of drug-likeness (QED) is 0.625. The number of carbonyl (C=O) groups is 1. The Morgan fingerprint density at radius 2 is 1.54 bits per heavy atom. The van der Waals surface area contributed by atoms with Gasteiger partial charge in [0, 0.05) is 32.2 Å². The summed E-state index contributed by atoms with van der Waals surface area (Å²) in [5.74, 6) is 0.0888. The van der Waals surface area contributed by atoms with Gasteiger partial charge < -0.3 is 9.80 Å². The second-order valence-electron chi connectivity index (χ2n) is 7.02. The van der Waals surface area contributed by atoms with Crippen molar-refractivity contribution in [2.75, 3.05) is 31.1 Å². The van der Waals surface area contributed by atoms with Crippen LogP contribution in [0.5, 0.6) is 0 Å². The smallest absolute Gasteiger partial charge is 0.292 e. The predicted molar refractivity (Wildman–Crippen MR) is 101 cm³/mol. The Balaban J connectivity index is 1.71. The van der Waals surface area contributed by atoms with Gasteiger partial charge in [-0.2, -0.15) is 0 Å². The van der Waals surface area contributed by atoms with Crippen LogP contribution in [0, 0.1) is 10.1 Å². The third-order valence-electron chi connectivity index (χ3n) is 5.02. The zero-order valence-electron chi connectivity index (χ0n) is 15.1. The Kier molecular flexibility index (Phi) is 4.93. The van der Waals surface area contributed by atoms with Crippen molar-refractivity contribution in [3.8, 4) is 0 Å². The molecule has 1 aliphatic rings. The van der Waals surface area contributed by atoms with E-state index in [9.17, 15) is 14.9 Å². The molecule has 0 radical (unpaired) electrons. The minimum absolute atomic E-state index is 0.0888. The summed E-state index contributed by atoms with van der Waals surface area (Å²) >= 11 is 0. The van der Waals surface area contributed by atoms with Crippen molar-refractivity contribution in [1.29, 1.82) is 0 Å². The molecule has 0 N–H and O–H groups in total. The lowest BCUT2D eigenvalue weighted by molar-refractivity contribution is -0.384. The summed E-state index contributed by atoms with van der Waals surface area (Å²) in [5.41, 5.74) is 1.12. The highest BCUT2D eigenvalue weighted by atomic mass is 16.6. The number of piperazine rings is 1. The maximum absolute atomic E-state index is 13.0. The van der Waals surface area contributed by atoms with Crippen molar-refractivity contribution in [1.82, 2.24) is 4.90 Å². The minimum atomic E-state index is -0.595. The van der Waals surface area contributed by atoms with Crippen molar-refractivity contribution in [2.45, 2.75) is 19.3 Å². The third kappa shape index (κ3) is 3.40. The topological polar surface area (TPSA) is 66.7 Å². The average molecular weight is 353 g/mol. The Bertz CT molecular complexity index is 797. The van der Waals surface area contributed by atoms with Gasteiger partial charge in [0.15, 0.2) is 0 Å². The number of amides is 1. The molecule has 6 heteroatoms. The molecular formula is C20H23N3O3. The molecule has 1 fully saturated rings. The first-order chi connectivity index (χ1) is 12.4. The van der Waals surface area contributed by atoms with E-state index in [1.54, 1.807) is 18.2 Å². The molecule has 0 aliphatic carbocycles. The third-order valence-corrected chi connectivity index (χ3v) is 5.02. The summed E-state index contributed by atoms with van der Waals surface area (Å²) in [4.78, 5) is 27.8. The number of hydrogen-bond acceptors (Lipinski definition) is 4. The van der Waals surface area contributed by atoms with Gasteiger partial charge in [-0.1, -0.05) is 42.5 Å². The number of rotatable bonds is 4. The molecule has 0 bridgehead atoms. The van der Waals surface area contributed by atoms with Crippen molar-refractivity contribution >= 4 is 17.3 Å². The number of hydrogen-bond donors (Lipinski definition) is 0. The lowest BCUT2D eigenvalue weighted by Crippen LogP contribution is -2.53. The molecule has 0 atom stereocenters. The van der Waals surface area contributed by atoms with E-state index in [4.69, 9.17) is 0 Å². The molecule has 0 aromatic heterocycles. The van der Waals surface area contributed by atoms with Crippen LogP contribution in [0.25, 0.3) is 0 Å². The van der Waals surface area contributed by atoms with Crippen LogP contribution in [-0.4, -0.2) is 41.9 Å². The van der Waals surface area contributed by atoms with Crippen LogP contribution in [-0.2, 0) is 10.2 Å². The van der Waals surface area contributed by atoms with E-state index in [1.165, 1.54) is 6.07 Å². The molecule has 26 heavy (non-hydrogen) atoms. The first-order valence-electron chi connectivity index (χ1n) is 8.74. The van der Waals surface area contributed by atoms with E-state index in [0.717, 1.165) is 5.56 Å². The van der Waals surface area contributed by atoms with Gasteiger partial charge in [-0.25, -0.2) is 0 Å². The summed E-state index contributed by atoms with van der Waals surface area (Å²) in [6.45, 7) is 6.17. The Labute approximate surface area is 153 Å². The number of anilines is 1. The van der Waals surface area contributed by atoms with Crippen LogP contribution in [0.2, 0.25) is 0 Å². The second kappa shape index (κ2) is 7.15. The number of nitro benzene ring substituents is 1. The molecule has 1 amide bonds. The van der Waals surface area contributed by atoms with Crippen molar-refractivity contribution < 1.29 is 9.72 Å². The summed E-state index contributed by atoms with van der Waals surface area (Å²) < 4.78 is 0. The Morgan fingerprint density at radius 3 is 2.15 bits per heavy atom.